The number of rotatable bonds is 8. The lowest BCUT2D eigenvalue weighted by Crippen LogP contribution is -2.49. The lowest BCUT2D eigenvalue weighted by atomic mass is 10.0. The van der Waals surface area contributed by atoms with Crippen LogP contribution in [0.5, 0.6) is 5.75 Å². The van der Waals surface area contributed by atoms with Crippen molar-refractivity contribution in [1.82, 2.24) is 14.8 Å². The largest absolute Gasteiger partial charge is 0.480 e. The number of nitriles is 1. The van der Waals surface area contributed by atoms with E-state index in [1.54, 1.807) is 18.3 Å². The fourth-order valence-corrected chi connectivity index (χ4v) is 4.14. The second-order valence-electron chi connectivity index (χ2n) is 7.79. The maximum absolute atomic E-state index is 12.3. The lowest BCUT2D eigenvalue weighted by molar-refractivity contribution is -0.144. The van der Waals surface area contributed by atoms with E-state index >= 15 is 0 Å². The van der Waals surface area contributed by atoms with Gasteiger partial charge in [-0.15, -0.1) is 0 Å². The summed E-state index contributed by atoms with van der Waals surface area (Å²) in [6.07, 6.45) is 6.04. The minimum absolute atomic E-state index is 0.0473. The Morgan fingerprint density at radius 1 is 1.19 bits per heavy atom. The summed E-state index contributed by atoms with van der Waals surface area (Å²) >= 11 is 0. The molecule has 32 heavy (non-hydrogen) atoms. The number of H-pyrrole nitrogens is 1. The number of nitrogens with zero attached hydrogens (tertiary/aromatic N) is 3. The summed E-state index contributed by atoms with van der Waals surface area (Å²) in [5.74, 6) is -0.314. The van der Waals surface area contributed by atoms with Gasteiger partial charge in [0.05, 0.1) is 0 Å². The van der Waals surface area contributed by atoms with Crippen LogP contribution in [0.2, 0.25) is 0 Å². The Bertz CT molecular complexity index is 1130. The van der Waals surface area contributed by atoms with Gasteiger partial charge in [0, 0.05) is 55.4 Å². The Kier molecular flexibility index (Phi) is 6.85. The molecule has 164 valence electrons. The summed E-state index contributed by atoms with van der Waals surface area (Å²) in [5, 5.41) is 19.6. The van der Waals surface area contributed by atoms with Crippen molar-refractivity contribution in [2.45, 2.75) is 6.04 Å². The van der Waals surface area contributed by atoms with Crippen molar-refractivity contribution in [2.75, 3.05) is 39.3 Å². The number of nitrogens with one attached hydrogen (secondary N) is 1. The van der Waals surface area contributed by atoms with E-state index in [4.69, 9.17) is 10.00 Å². The SMILES string of the molecule is N#CCOc1ccc2[nH]cc(C(C(=O)O)N3CCN(CC=Cc4ccccc4)CC3)c2c1. The van der Waals surface area contributed by atoms with Gasteiger partial charge in [0.15, 0.2) is 6.61 Å². The highest BCUT2D eigenvalue weighted by Gasteiger charge is 2.32. The highest BCUT2D eigenvalue weighted by atomic mass is 16.5. The van der Waals surface area contributed by atoms with E-state index < -0.39 is 12.0 Å². The number of hydrogen-bond donors (Lipinski definition) is 2. The third-order valence-corrected chi connectivity index (χ3v) is 5.76. The highest BCUT2D eigenvalue weighted by Crippen LogP contribution is 2.31. The topological polar surface area (TPSA) is 92.6 Å². The second-order valence-corrected chi connectivity index (χ2v) is 7.79. The van der Waals surface area contributed by atoms with Gasteiger partial charge in [-0.3, -0.25) is 14.6 Å². The van der Waals surface area contributed by atoms with Gasteiger partial charge < -0.3 is 14.8 Å². The number of ether oxygens (including phenoxy) is 1. The van der Waals surface area contributed by atoms with E-state index in [0.29, 0.717) is 24.4 Å². The predicted molar refractivity (Wildman–Crippen MR) is 123 cm³/mol. The molecule has 1 saturated heterocycles. The molecule has 2 N–H and O–H groups in total. The molecule has 0 amide bonds. The molecule has 0 spiro atoms. The number of fused-ring (bicyclic) bond motifs is 1. The monoisotopic (exact) mass is 430 g/mol. The van der Waals surface area contributed by atoms with E-state index in [1.165, 1.54) is 5.56 Å². The number of piperazine rings is 1. The molecule has 2 heterocycles. The average molecular weight is 431 g/mol. The average Bonchev–Trinajstić information content (AvgIpc) is 3.22. The summed E-state index contributed by atoms with van der Waals surface area (Å²) in [6, 6.07) is 16.8. The van der Waals surface area contributed by atoms with Gasteiger partial charge in [-0.05, 0) is 23.8 Å². The fourth-order valence-electron chi connectivity index (χ4n) is 4.14. The van der Waals surface area contributed by atoms with Crippen molar-refractivity contribution < 1.29 is 14.6 Å². The van der Waals surface area contributed by atoms with Crippen molar-refractivity contribution in [2.24, 2.45) is 0 Å². The summed E-state index contributed by atoms with van der Waals surface area (Å²) in [4.78, 5) is 19.8. The zero-order chi connectivity index (χ0) is 22.3. The highest BCUT2D eigenvalue weighted by molar-refractivity contribution is 5.90. The molecule has 0 bridgehead atoms. The van der Waals surface area contributed by atoms with Crippen LogP contribution in [0, 0.1) is 11.3 Å². The predicted octanol–water partition coefficient (Wildman–Crippen LogP) is 3.53. The van der Waals surface area contributed by atoms with Gasteiger partial charge in [0.25, 0.3) is 0 Å². The zero-order valence-corrected chi connectivity index (χ0v) is 17.8. The van der Waals surface area contributed by atoms with E-state index in [1.807, 2.05) is 35.2 Å². The van der Waals surface area contributed by atoms with Crippen LogP contribution in [-0.4, -0.2) is 65.2 Å². The Labute approximate surface area is 187 Å². The summed E-state index contributed by atoms with van der Waals surface area (Å²) in [5.41, 5.74) is 2.74. The molecule has 7 nitrogen and oxygen atoms in total. The van der Waals surface area contributed by atoms with Crippen molar-refractivity contribution in [1.29, 1.82) is 5.26 Å². The third-order valence-electron chi connectivity index (χ3n) is 5.76. The Balaban J connectivity index is 1.43. The maximum Gasteiger partial charge on any atom is 0.325 e. The molecule has 3 aromatic rings. The molecule has 0 saturated carbocycles. The lowest BCUT2D eigenvalue weighted by Gasteiger charge is -2.37. The van der Waals surface area contributed by atoms with Crippen molar-refractivity contribution in [3.05, 3.63) is 71.9 Å². The van der Waals surface area contributed by atoms with Gasteiger partial charge in [0.2, 0.25) is 0 Å². The molecule has 1 aliphatic heterocycles. The molecule has 2 aromatic carbocycles. The van der Waals surface area contributed by atoms with Crippen LogP contribution in [-0.2, 0) is 4.79 Å². The number of aromatic amines is 1. The van der Waals surface area contributed by atoms with E-state index in [0.717, 1.165) is 30.5 Å². The number of benzene rings is 2. The molecule has 1 aromatic heterocycles. The van der Waals surface area contributed by atoms with Gasteiger partial charge in [-0.2, -0.15) is 5.26 Å². The molecule has 7 heteroatoms. The molecule has 1 unspecified atom stereocenters. The zero-order valence-electron chi connectivity index (χ0n) is 17.8. The van der Waals surface area contributed by atoms with Crippen molar-refractivity contribution >= 4 is 22.9 Å². The van der Waals surface area contributed by atoms with Crippen molar-refractivity contribution in [3.8, 4) is 11.8 Å². The van der Waals surface area contributed by atoms with Crippen LogP contribution < -0.4 is 4.74 Å². The fraction of sp³-hybridized carbons (Fsp3) is 0.280. The normalized spacial score (nSPS) is 16.2. The first-order valence-corrected chi connectivity index (χ1v) is 10.7. The first-order valence-electron chi connectivity index (χ1n) is 10.7. The number of aliphatic carboxylic acids is 1. The third kappa shape index (κ3) is 4.99. The summed E-state index contributed by atoms with van der Waals surface area (Å²) < 4.78 is 5.41. The van der Waals surface area contributed by atoms with Crippen LogP contribution in [0.4, 0.5) is 0 Å². The Morgan fingerprint density at radius 2 is 1.97 bits per heavy atom. The van der Waals surface area contributed by atoms with Crippen LogP contribution in [0.1, 0.15) is 17.2 Å². The quantitative estimate of drug-likeness (QED) is 0.568. The van der Waals surface area contributed by atoms with Crippen molar-refractivity contribution in [3.63, 3.8) is 0 Å². The molecular formula is C25H26N4O3. The van der Waals surface area contributed by atoms with E-state index in [-0.39, 0.29) is 6.61 Å². The molecule has 4 rings (SSSR count). The number of carboxylic acid groups (broad SMARTS) is 1. The summed E-state index contributed by atoms with van der Waals surface area (Å²) in [6.45, 7) is 3.76. The molecular weight excluding hydrogens is 404 g/mol. The van der Waals surface area contributed by atoms with Crippen LogP contribution in [0.25, 0.3) is 17.0 Å². The number of hydrogen-bond acceptors (Lipinski definition) is 5. The molecule has 0 aliphatic carbocycles. The summed E-state index contributed by atoms with van der Waals surface area (Å²) in [7, 11) is 0. The van der Waals surface area contributed by atoms with Crippen LogP contribution in [0.15, 0.2) is 60.8 Å². The van der Waals surface area contributed by atoms with Gasteiger partial charge >= 0.3 is 5.97 Å². The number of carboxylic acids is 1. The van der Waals surface area contributed by atoms with Crippen LogP contribution in [0.3, 0.4) is 0 Å². The Hall–Kier alpha value is -3.60. The maximum atomic E-state index is 12.3. The van der Waals surface area contributed by atoms with E-state index in [2.05, 4.69) is 34.2 Å². The molecule has 0 radical (unpaired) electrons. The van der Waals surface area contributed by atoms with Gasteiger partial charge in [-0.25, -0.2) is 0 Å². The molecule has 1 atom stereocenters. The van der Waals surface area contributed by atoms with E-state index in [9.17, 15) is 9.90 Å². The smallest absolute Gasteiger partial charge is 0.325 e. The first kappa shape index (κ1) is 21.6. The number of aromatic nitrogens is 1. The minimum atomic E-state index is -0.869. The second kappa shape index (κ2) is 10.1. The van der Waals surface area contributed by atoms with Gasteiger partial charge in [0.1, 0.15) is 17.9 Å². The molecule has 1 aliphatic rings. The first-order chi connectivity index (χ1) is 15.7. The van der Waals surface area contributed by atoms with Crippen LogP contribution >= 0.6 is 0 Å². The standard InChI is InChI=1S/C25H26N4O3/c26-10-16-32-20-8-9-23-21(17-20)22(18-27-23)24(25(30)31)29-14-12-28(13-15-29)11-4-7-19-5-2-1-3-6-19/h1-9,17-18,24,27H,11-16H2,(H,30,31). The number of carbonyl (C=O) groups is 1. The minimum Gasteiger partial charge on any atom is -0.480 e. The van der Waals surface area contributed by atoms with Gasteiger partial charge in [-0.1, -0.05) is 42.5 Å². The molecule has 1 fully saturated rings. The Morgan fingerprint density at radius 3 is 2.69 bits per heavy atom.